The minimum Gasteiger partial charge on any atom is -0.275 e. The van der Waals surface area contributed by atoms with Crippen molar-refractivity contribution in [3.05, 3.63) is 12.7 Å². The van der Waals surface area contributed by atoms with Crippen molar-refractivity contribution in [2.45, 2.75) is 20.3 Å². The predicted molar refractivity (Wildman–Crippen MR) is 52.9 cm³/mol. The Labute approximate surface area is 80.3 Å². The average Bonchev–Trinajstić information content (AvgIpc) is 2.17. The Kier molecular flexibility index (Phi) is 5.39. The molecule has 0 rings (SSSR count). The molecule has 0 aliphatic heterocycles. The average molecular weight is 185 g/mol. The van der Waals surface area contributed by atoms with E-state index in [4.69, 9.17) is 4.84 Å². The highest BCUT2D eigenvalue weighted by atomic mass is 16.7. The van der Waals surface area contributed by atoms with Crippen LogP contribution >= 0.6 is 0 Å². The maximum atomic E-state index is 11.6. The summed E-state index contributed by atoms with van der Waals surface area (Å²) in [6, 6.07) is 0. The van der Waals surface area contributed by atoms with Crippen LogP contribution in [0.4, 0.5) is 0 Å². The highest BCUT2D eigenvalue weighted by molar-refractivity contribution is 5.77. The highest BCUT2D eigenvalue weighted by Crippen LogP contribution is 2.18. The van der Waals surface area contributed by atoms with E-state index in [-0.39, 0.29) is 17.7 Å². The van der Waals surface area contributed by atoms with Crippen LogP contribution in [0.25, 0.3) is 0 Å². The zero-order valence-corrected chi connectivity index (χ0v) is 8.91. The largest absolute Gasteiger partial charge is 0.275 e. The number of rotatable bonds is 5. The Balaban J connectivity index is 4.30. The molecular weight excluding hydrogens is 166 g/mol. The van der Waals surface area contributed by atoms with Gasteiger partial charge in [0.1, 0.15) is 0 Å². The summed E-state index contributed by atoms with van der Waals surface area (Å²) in [5, 5.41) is 1.26. The van der Waals surface area contributed by atoms with Gasteiger partial charge >= 0.3 is 0 Å². The van der Waals surface area contributed by atoms with Crippen molar-refractivity contribution < 1.29 is 9.63 Å². The molecule has 0 saturated carbocycles. The van der Waals surface area contributed by atoms with Gasteiger partial charge in [0, 0.05) is 13.0 Å². The molecule has 0 aliphatic carbocycles. The molecule has 0 radical (unpaired) electrons. The van der Waals surface area contributed by atoms with E-state index in [0.717, 1.165) is 6.42 Å². The Hall–Kier alpha value is -0.830. The van der Waals surface area contributed by atoms with E-state index in [1.54, 1.807) is 7.05 Å². The third-order valence-corrected chi connectivity index (χ3v) is 2.39. The molecule has 0 bridgehead atoms. The number of nitrogens with zero attached hydrogens (tertiary/aromatic N) is 1. The van der Waals surface area contributed by atoms with Crippen molar-refractivity contribution in [1.82, 2.24) is 5.06 Å². The Morgan fingerprint density at radius 3 is 2.54 bits per heavy atom. The fourth-order valence-electron chi connectivity index (χ4n) is 1.28. The summed E-state index contributed by atoms with van der Waals surface area (Å²) in [4.78, 5) is 16.4. The number of carbonyl (C=O) groups is 1. The molecule has 0 aromatic heterocycles. The minimum absolute atomic E-state index is 0.00532. The summed E-state index contributed by atoms with van der Waals surface area (Å²) in [5.41, 5.74) is 0. The van der Waals surface area contributed by atoms with Crippen LogP contribution in [0.3, 0.4) is 0 Å². The number of hydrogen-bond acceptors (Lipinski definition) is 2. The number of allylic oxidation sites excluding steroid dienone is 1. The molecule has 2 atom stereocenters. The number of hydroxylamine groups is 2. The lowest BCUT2D eigenvalue weighted by Gasteiger charge is -2.22. The van der Waals surface area contributed by atoms with Crippen LogP contribution in [0.1, 0.15) is 20.3 Å². The van der Waals surface area contributed by atoms with Crippen LogP contribution in [-0.4, -0.2) is 25.1 Å². The second-order valence-corrected chi connectivity index (χ2v) is 3.11. The van der Waals surface area contributed by atoms with Gasteiger partial charge < -0.3 is 0 Å². The second-order valence-electron chi connectivity index (χ2n) is 3.11. The molecule has 0 heterocycles. The summed E-state index contributed by atoms with van der Waals surface area (Å²) in [5.74, 6) is 0.159. The maximum Gasteiger partial charge on any atom is 0.249 e. The number of hydrogen-bond donors (Lipinski definition) is 0. The molecule has 3 nitrogen and oxygen atoms in total. The lowest BCUT2D eigenvalue weighted by molar-refractivity contribution is -0.174. The molecule has 1 amide bonds. The van der Waals surface area contributed by atoms with Crippen LogP contribution in [-0.2, 0) is 9.63 Å². The molecule has 0 N–H and O–H groups in total. The van der Waals surface area contributed by atoms with Crippen LogP contribution in [0.15, 0.2) is 12.7 Å². The number of carbonyl (C=O) groups excluding carboxylic acids is 1. The van der Waals surface area contributed by atoms with E-state index in [1.807, 2.05) is 19.9 Å². The zero-order valence-electron chi connectivity index (χ0n) is 8.91. The van der Waals surface area contributed by atoms with E-state index < -0.39 is 0 Å². The molecule has 0 saturated heterocycles. The van der Waals surface area contributed by atoms with Gasteiger partial charge in [-0.3, -0.25) is 9.63 Å². The van der Waals surface area contributed by atoms with Crippen molar-refractivity contribution in [3.63, 3.8) is 0 Å². The first-order valence-electron chi connectivity index (χ1n) is 4.52. The summed E-state index contributed by atoms with van der Waals surface area (Å²) < 4.78 is 0. The van der Waals surface area contributed by atoms with Gasteiger partial charge in [0.15, 0.2) is 0 Å². The monoisotopic (exact) mass is 185 g/mol. The topological polar surface area (TPSA) is 29.5 Å². The zero-order chi connectivity index (χ0) is 10.4. The Bertz CT molecular complexity index is 180. The second kappa shape index (κ2) is 5.75. The van der Waals surface area contributed by atoms with Crippen LogP contribution in [0.5, 0.6) is 0 Å². The molecule has 0 unspecified atom stereocenters. The van der Waals surface area contributed by atoms with E-state index in [1.165, 1.54) is 12.2 Å². The van der Waals surface area contributed by atoms with Crippen molar-refractivity contribution in [1.29, 1.82) is 0 Å². The van der Waals surface area contributed by atoms with Gasteiger partial charge in [-0.05, 0) is 12.3 Å². The normalized spacial score (nSPS) is 14.8. The fraction of sp³-hybridized carbons (Fsp3) is 0.700. The standard InChI is InChI=1S/C10H19NO2/c1-6-9(7-2)8(3)10(12)11(4)13-5/h6,8-9H,1,7H2,2-5H3/t8-,9+/m0/s1. The van der Waals surface area contributed by atoms with E-state index in [0.29, 0.717) is 0 Å². The fourth-order valence-corrected chi connectivity index (χ4v) is 1.28. The van der Waals surface area contributed by atoms with Gasteiger partial charge in [0.2, 0.25) is 5.91 Å². The van der Waals surface area contributed by atoms with Crippen LogP contribution in [0.2, 0.25) is 0 Å². The maximum absolute atomic E-state index is 11.6. The molecule has 13 heavy (non-hydrogen) atoms. The summed E-state index contributed by atoms with van der Waals surface area (Å²) in [6.45, 7) is 7.65. The Morgan fingerprint density at radius 1 is 1.69 bits per heavy atom. The first-order valence-corrected chi connectivity index (χ1v) is 4.52. The van der Waals surface area contributed by atoms with Gasteiger partial charge in [-0.15, -0.1) is 6.58 Å². The molecule has 3 heteroatoms. The van der Waals surface area contributed by atoms with Crippen molar-refractivity contribution in [2.75, 3.05) is 14.2 Å². The Morgan fingerprint density at radius 2 is 2.23 bits per heavy atom. The van der Waals surface area contributed by atoms with E-state index in [2.05, 4.69) is 6.58 Å². The van der Waals surface area contributed by atoms with Gasteiger partial charge in [-0.1, -0.05) is 19.9 Å². The minimum atomic E-state index is -0.0625. The molecule has 0 aliphatic rings. The number of amides is 1. The van der Waals surface area contributed by atoms with Crippen LogP contribution in [0, 0.1) is 11.8 Å². The molecular formula is C10H19NO2. The van der Waals surface area contributed by atoms with Gasteiger partial charge in [0.05, 0.1) is 7.11 Å². The quantitative estimate of drug-likeness (QED) is 0.483. The highest BCUT2D eigenvalue weighted by Gasteiger charge is 2.23. The van der Waals surface area contributed by atoms with E-state index >= 15 is 0 Å². The predicted octanol–water partition coefficient (Wildman–Crippen LogP) is 1.85. The molecule has 0 spiro atoms. The van der Waals surface area contributed by atoms with Crippen molar-refractivity contribution >= 4 is 5.91 Å². The molecule has 76 valence electrons. The third-order valence-electron chi connectivity index (χ3n) is 2.39. The molecule has 0 aromatic carbocycles. The van der Waals surface area contributed by atoms with Gasteiger partial charge in [-0.2, -0.15) is 0 Å². The summed E-state index contributed by atoms with van der Waals surface area (Å²) in [6.07, 6.45) is 2.75. The summed E-state index contributed by atoms with van der Waals surface area (Å²) >= 11 is 0. The SMILES string of the molecule is C=C[C@H](CC)[C@H](C)C(=O)N(C)OC. The van der Waals surface area contributed by atoms with Crippen molar-refractivity contribution in [2.24, 2.45) is 11.8 Å². The first kappa shape index (κ1) is 12.2. The smallest absolute Gasteiger partial charge is 0.249 e. The van der Waals surface area contributed by atoms with Crippen LogP contribution < -0.4 is 0 Å². The van der Waals surface area contributed by atoms with E-state index in [9.17, 15) is 4.79 Å². The lowest BCUT2D eigenvalue weighted by atomic mass is 9.91. The molecule has 0 aromatic rings. The van der Waals surface area contributed by atoms with Gasteiger partial charge in [-0.25, -0.2) is 5.06 Å². The lowest BCUT2D eigenvalue weighted by Crippen LogP contribution is -2.33. The van der Waals surface area contributed by atoms with Gasteiger partial charge in [0.25, 0.3) is 0 Å². The first-order chi connectivity index (χ1) is 6.08. The third kappa shape index (κ3) is 3.19. The molecule has 0 fully saturated rings. The summed E-state index contributed by atoms with van der Waals surface area (Å²) in [7, 11) is 3.11. The van der Waals surface area contributed by atoms with Crippen molar-refractivity contribution in [3.8, 4) is 0 Å².